The van der Waals surface area contributed by atoms with E-state index in [0.717, 1.165) is 0 Å². The SMILES string of the molecule is CCC(=O)N1CSCC1C(=O)NC(C)(C)CCC(=O)O. The van der Waals surface area contributed by atoms with Crippen LogP contribution in [0.3, 0.4) is 0 Å². The Morgan fingerprint density at radius 2 is 2.05 bits per heavy atom. The Hall–Kier alpha value is -1.24. The Morgan fingerprint density at radius 1 is 1.40 bits per heavy atom. The first-order valence-corrected chi connectivity index (χ1v) is 7.83. The normalized spacial score (nSPS) is 18.9. The number of hydrogen-bond donors (Lipinski definition) is 2. The van der Waals surface area contributed by atoms with Crippen LogP contribution in [0.15, 0.2) is 0 Å². The van der Waals surface area contributed by atoms with Crippen molar-refractivity contribution in [3.63, 3.8) is 0 Å². The van der Waals surface area contributed by atoms with Crippen LogP contribution in [-0.2, 0) is 14.4 Å². The molecule has 0 aliphatic carbocycles. The van der Waals surface area contributed by atoms with Gasteiger partial charge in [-0.15, -0.1) is 11.8 Å². The average molecular weight is 302 g/mol. The molecule has 7 heteroatoms. The predicted molar refractivity (Wildman–Crippen MR) is 77.3 cm³/mol. The highest BCUT2D eigenvalue weighted by molar-refractivity contribution is 7.99. The highest BCUT2D eigenvalue weighted by Crippen LogP contribution is 2.23. The molecule has 1 unspecified atom stereocenters. The van der Waals surface area contributed by atoms with Crippen LogP contribution in [-0.4, -0.2) is 51.0 Å². The molecule has 114 valence electrons. The topological polar surface area (TPSA) is 86.7 Å². The lowest BCUT2D eigenvalue weighted by Gasteiger charge is -2.30. The van der Waals surface area contributed by atoms with E-state index < -0.39 is 17.6 Å². The van der Waals surface area contributed by atoms with Crippen molar-refractivity contribution in [1.82, 2.24) is 10.2 Å². The van der Waals surface area contributed by atoms with E-state index in [2.05, 4.69) is 5.32 Å². The molecule has 0 spiro atoms. The third-order valence-corrected chi connectivity index (χ3v) is 4.25. The van der Waals surface area contributed by atoms with Crippen LogP contribution < -0.4 is 5.32 Å². The largest absolute Gasteiger partial charge is 0.481 e. The Bertz CT molecular complexity index is 398. The molecule has 0 radical (unpaired) electrons. The van der Waals surface area contributed by atoms with Gasteiger partial charge >= 0.3 is 5.97 Å². The van der Waals surface area contributed by atoms with Crippen molar-refractivity contribution >= 4 is 29.5 Å². The van der Waals surface area contributed by atoms with Gasteiger partial charge in [-0.05, 0) is 20.3 Å². The lowest BCUT2D eigenvalue weighted by atomic mass is 9.98. The van der Waals surface area contributed by atoms with E-state index in [1.165, 1.54) is 0 Å². The van der Waals surface area contributed by atoms with Crippen molar-refractivity contribution in [2.45, 2.75) is 51.6 Å². The Morgan fingerprint density at radius 3 is 2.60 bits per heavy atom. The number of nitrogens with one attached hydrogen (secondary N) is 1. The zero-order chi connectivity index (χ0) is 15.3. The van der Waals surface area contributed by atoms with E-state index in [9.17, 15) is 14.4 Å². The highest BCUT2D eigenvalue weighted by atomic mass is 32.2. The van der Waals surface area contributed by atoms with Crippen LogP contribution in [0.25, 0.3) is 0 Å². The van der Waals surface area contributed by atoms with Crippen LogP contribution in [0, 0.1) is 0 Å². The van der Waals surface area contributed by atoms with Crippen LogP contribution in [0.1, 0.15) is 40.0 Å². The molecule has 0 bridgehead atoms. The van der Waals surface area contributed by atoms with E-state index >= 15 is 0 Å². The highest BCUT2D eigenvalue weighted by Gasteiger charge is 2.35. The number of hydrogen-bond acceptors (Lipinski definition) is 4. The first kappa shape index (κ1) is 16.8. The zero-order valence-corrected chi connectivity index (χ0v) is 13.0. The fourth-order valence-corrected chi connectivity index (χ4v) is 3.19. The quantitative estimate of drug-likeness (QED) is 0.766. The second-order valence-corrected chi connectivity index (χ2v) is 6.50. The number of carboxylic acids is 1. The van der Waals surface area contributed by atoms with Crippen LogP contribution in [0.4, 0.5) is 0 Å². The summed E-state index contributed by atoms with van der Waals surface area (Å²) in [7, 11) is 0. The molecule has 1 atom stereocenters. The molecule has 6 nitrogen and oxygen atoms in total. The molecule has 1 rings (SSSR count). The minimum absolute atomic E-state index is 0.00427. The summed E-state index contributed by atoms with van der Waals surface area (Å²) in [5, 5.41) is 11.6. The monoisotopic (exact) mass is 302 g/mol. The minimum atomic E-state index is -0.883. The summed E-state index contributed by atoms with van der Waals surface area (Å²) in [6, 6.07) is -0.448. The van der Waals surface area contributed by atoms with E-state index in [1.807, 2.05) is 0 Å². The number of carbonyl (C=O) groups is 3. The molecule has 1 saturated heterocycles. The van der Waals surface area contributed by atoms with Gasteiger partial charge in [0.05, 0.1) is 5.88 Å². The molecular formula is C13H22N2O4S. The average Bonchev–Trinajstić information content (AvgIpc) is 2.84. The number of rotatable bonds is 6. The first-order chi connectivity index (χ1) is 9.26. The predicted octanol–water partition coefficient (Wildman–Crippen LogP) is 1.06. The second-order valence-electron chi connectivity index (χ2n) is 5.50. The molecule has 0 aromatic carbocycles. The maximum atomic E-state index is 12.3. The van der Waals surface area contributed by atoms with Gasteiger partial charge in [-0.2, -0.15) is 0 Å². The molecule has 0 aromatic rings. The fraction of sp³-hybridized carbons (Fsp3) is 0.769. The van der Waals surface area contributed by atoms with Crippen molar-refractivity contribution in [3.05, 3.63) is 0 Å². The number of carboxylic acid groups (broad SMARTS) is 1. The van der Waals surface area contributed by atoms with Gasteiger partial charge in [0.1, 0.15) is 6.04 Å². The number of thioether (sulfide) groups is 1. The van der Waals surface area contributed by atoms with Crippen LogP contribution in [0.5, 0.6) is 0 Å². The van der Waals surface area contributed by atoms with Crippen molar-refractivity contribution in [1.29, 1.82) is 0 Å². The van der Waals surface area contributed by atoms with Gasteiger partial charge in [-0.1, -0.05) is 6.92 Å². The molecule has 2 amide bonds. The Kier molecular flexibility index (Phi) is 5.86. The Labute approximate surface area is 123 Å². The first-order valence-electron chi connectivity index (χ1n) is 6.68. The molecule has 1 aliphatic heterocycles. The smallest absolute Gasteiger partial charge is 0.303 e. The van der Waals surface area contributed by atoms with Crippen molar-refractivity contribution < 1.29 is 19.5 Å². The molecule has 0 saturated carbocycles. The standard InChI is InChI=1S/C13H22N2O4S/c1-4-10(16)15-8-20-7-9(15)12(19)14-13(2,3)6-5-11(17)18/h9H,4-8H2,1-3H3,(H,14,19)(H,17,18). The van der Waals surface area contributed by atoms with Crippen molar-refractivity contribution in [3.8, 4) is 0 Å². The van der Waals surface area contributed by atoms with E-state index in [4.69, 9.17) is 5.11 Å². The zero-order valence-electron chi connectivity index (χ0n) is 12.1. The molecule has 1 aliphatic rings. The summed E-state index contributed by atoms with van der Waals surface area (Å²) in [4.78, 5) is 36.2. The van der Waals surface area contributed by atoms with Gasteiger partial charge < -0.3 is 15.3 Å². The lowest BCUT2D eigenvalue weighted by molar-refractivity contribution is -0.139. The van der Waals surface area contributed by atoms with E-state index in [-0.39, 0.29) is 18.2 Å². The van der Waals surface area contributed by atoms with Crippen LogP contribution >= 0.6 is 11.8 Å². The maximum absolute atomic E-state index is 12.3. The lowest BCUT2D eigenvalue weighted by Crippen LogP contribution is -2.53. The fourth-order valence-electron chi connectivity index (χ4n) is 2.01. The van der Waals surface area contributed by atoms with Crippen molar-refractivity contribution in [2.75, 3.05) is 11.6 Å². The van der Waals surface area contributed by atoms with Crippen LogP contribution in [0.2, 0.25) is 0 Å². The summed E-state index contributed by atoms with van der Waals surface area (Å²) in [6.07, 6.45) is 0.743. The summed E-state index contributed by atoms with van der Waals surface area (Å²) in [6.45, 7) is 5.36. The van der Waals surface area contributed by atoms with Crippen molar-refractivity contribution in [2.24, 2.45) is 0 Å². The molecule has 2 N–H and O–H groups in total. The van der Waals surface area contributed by atoms with Gasteiger partial charge in [0.25, 0.3) is 0 Å². The Balaban J connectivity index is 2.60. The molecular weight excluding hydrogens is 280 g/mol. The second kappa shape index (κ2) is 6.97. The third-order valence-electron chi connectivity index (χ3n) is 3.23. The summed E-state index contributed by atoms with van der Waals surface area (Å²) in [5.41, 5.74) is -0.594. The molecule has 1 heterocycles. The van der Waals surface area contributed by atoms with E-state index in [1.54, 1.807) is 37.4 Å². The van der Waals surface area contributed by atoms with Gasteiger partial charge in [-0.3, -0.25) is 14.4 Å². The third kappa shape index (κ3) is 4.70. The molecule has 1 fully saturated rings. The van der Waals surface area contributed by atoms with Gasteiger partial charge in [0.15, 0.2) is 0 Å². The number of aliphatic carboxylic acids is 1. The van der Waals surface area contributed by atoms with E-state index in [0.29, 0.717) is 24.5 Å². The number of carbonyl (C=O) groups excluding carboxylic acids is 2. The summed E-state index contributed by atoms with van der Waals surface area (Å²) >= 11 is 1.56. The van der Waals surface area contributed by atoms with Gasteiger partial charge in [0, 0.05) is 24.1 Å². The van der Waals surface area contributed by atoms with Gasteiger partial charge in [-0.25, -0.2) is 0 Å². The van der Waals surface area contributed by atoms with Gasteiger partial charge in [0.2, 0.25) is 11.8 Å². The molecule has 20 heavy (non-hydrogen) atoms. The number of amides is 2. The maximum Gasteiger partial charge on any atom is 0.303 e. The molecule has 0 aromatic heterocycles. The number of nitrogens with zero attached hydrogens (tertiary/aromatic N) is 1. The summed E-state index contributed by atoms with van der Waals surface area (Å²) < 4.78 is 0. The summed E-state index contributed by atoms with van der Waals surface area (Å²) in [5.74, 6) is 0.0182. The minimum Gasteiger partial charge on any atom is -0.481 e.